The van der Waals surface area contributed by atoms with Crippen molar-refractivity contribution in [3.63, 3.8) is 0 Å². The highest BCUT2D eigenvalue weighted by atomic mass is 31.2. The molecule has 0 N–H and O–H groups in total. The van der Waals surface area contributed by atoms with Gasteiger partial charge in [-0.3, -0.25) is 4.79 Å². The lowest BCUT2D eigenvalue weighted by Gasteiger charge is -2.27. The molecule has 0 aliphatic rings. The molecule has 0 saturated carbocycles. The minimum Gasteiger partial charge on any atom is -0.491 e. The molecule has 4 rings (SSSR count). The molecule has 0 saturated heterocycles. The lowest BCUT2D eigenvalue weighted by Crippen LogP contribution is -2.35. The molecule has 0 amide bonds. The molecule has 0 bridgehead atoms. The standard InChI is InChI=1S/C29H28O2P/c1-23(2)31-25-20-18-24(19-21-25)29(30)22-32(26-12-6-3-7-13-26,27-14-8-4-9-15-27)28-16-10-5-11-17-28/h3-21,23H,22H2,1-2H3/q+1. The van der Waals surface area contributed by atoms with Crippen LogP contribution in [0.15, 0.2) is 115 Å². The first kappa shape index (κ1) is 22.0. The smallest absolute Gasteiger partial charge is 0.201 e. The Labute approximate surface area is 191 Å². The number of hydrogen-bond acceptors (Lipinski definition) is 2. The third-order valence-corrected chi connectivity index (χ3v) is 9.82. The van der Waals surface area contributed by atoms with Crippen molar-refractivity contribution in [3.8, 4) is 5.75 Å². The summed E-state index contributed by atoms with van der Waals surface area (Å²) in [6.45, 7) is 3.99. The van der Waals surface area contributed by atoms with Gasteiger partial charge in [0.1, 0.15) is 35.1 Å². The third-order valence-electron chi connectivity index (χ3n) is 5.52. The third kappa shape index (κ3) is 4.66. The van der Waals surface area contributed by atoms with Crippen molar-refractivity contribution < 1.29 is 9.53 Å². The fraction of sp³-hybridized carbons (Fsp3) is 0.138. The molecule has 0 radical (unpaired) electrons. The predicted octanol–water partition coefficient (Wildman–Crippen LogP) is 5.65. The van der Waals surface area contributed by atoms with Crippen molar-refractivity contribution in [2.24, 2.45) is 0 Å². The molecule has 0 spiro atoms. The van der Waals surface area contributed by atoms with Crippen LogP contribution in [0.2, 0.25) is 0 Å². The summed E-state index contributed by atoms with van der Waals surface area (Å²) in [7, 11) is -2.19. The number of carbonyl (C=O) groups is 1. The van der Waals surface area contributed by atoms with Crippen LogP contribution in [0.5, 0.6) is 5.75 Å². The van der Waals surface area contributed by atoms with E-state index >= 15 is 0 Å². The molecule has 2 nitrogen and oxygen atoms in total. The van der Waals surface area contributed by atoms with E-state index in [9.17, 15) is 4.79 Å². The van der Waals surface area contributed by atoms with Crippen molar-refractivity contribution in [1.29, 1.82) is 0 Å². The lowest BCUT2D eigenvalue weighted by molar-refractivity contribution is 0.102. The molecule has 160 valence electrons. The Morgan fingerprint density at radius 2 is 1.06 bits per heavy atom. The van der Waals surface area contributed by atoms with E-state index in [1.54, 1.807) is 0 Å². The summed E-state index contributed by atoms with van der Waals surface area (Å²) in [6.07, 6.45) is 0.541. The van der Waals surface area contributed by atoms with E-state index in [4.69, 9.17) is 4.74 Å². The normalized spacial score (nSPS) is 11.3. The van der Waals surface area contributed by atoms with E-state index in [0.29, 0.717) is 11.7 Å². The number of ketones is 1. The quantitative estimate of drug-likeness (QED) is 0.262. The van der Waals surface area contributed by atoms with Gasteiger partial charge in [-0.1, -0.05) is 54.6 Å². The van der Waals surface area contributed by atoms with Gasteiger partial charge in [0.05, 0.1) is 6.10 Å². The van der Waals surface area contributed by atoms with Crippen LogP contribution in [-0.2, 0) is 0 Å². The fourth-order valence-electron chi connectivity index (χ4n) is 4.07. The first-order valence-electron chi connectivity index (χ1n) is 10.9. The Kier molecular flexibility index (Phi) is 6.83. The Hall–Kier alpha value is -3.22. The topological polar surface area (TPSA) is 26.3 Å². The highest BCUT2D eigenvalue weighted by Crippen LogP contribution is 2.55. The minimum atomic E-state index is -2.19. The van der Waals surface area contributed by atoms with Crippen LogP contribution in [0.3, 0.4) is 0 Å². The Morgan fingerprint density at radius 3 is 1.44 bits per heavy atom. The van der Waals surface area contributed by atoms with E-state index in [0.717, 1.165) is 5.75 Å². The molecule has 4 aromatic carbocycles. The van der Waals surface area contributed by atoms with E-state index in [2.05, 4.69) is 72.8 Å². The van der Waals surface area contributed by atoms with Gasteiger partial charge in [0.15, 0.2) is 0 Å². The maximum atomic E-state index is 13.7. The molecule has 0 fully saturated rings. The molecule has 3 heteroatoms. The molecule has 0 aromatic heterocycles. The summed E-state index contributed by atoms with van der Waals surface area (Å²) in [5.41, 5.74) is 0.716. The second-order valence-corrected chi connectivity index (χ2v) is 11.6. The van der Waals surface area contributed by atoms with Gasteiger partial charge in [0, 0.05) is 5.56 Å². The zero-order valence-corrected chi connectivity index (χ0v) is 19.4. The number of rotatable bonds is 8. The van der Waals surface area contributed by atoms with Crippen LogP contribution in [0.4, 0.5) is 0 Å². The highest BCUT2D eigenvalue weighted by molar-refractivity contribution is 7.96. The molecule has 0 aliphatic heterocycles. The van der Waals surface area contributed by atoms with Crippen molar-refractivity contribution in [3.05, 3.63) is 121 Å². The largest absolute Gasteiger partial charge is 0.491 e. The zero-order valence-electron chi connectivity index (χ0n) is 18.5. The van der Waals surface area contributed by atoms with E-state index in [1.165, 1.54) is 15.9 Å². The van der Waals surface area contributed by atoms with Crippen LogP contribution < -0.4 is 20.7 Å². The van der Waals surface area contributed by atoms with Gasteiger partial charge in [0.2, 0.25) is 5.78 Å². The van der Waals surface area contributed by atoms with Gasteiger partial charge in [-0.25, -0.2) is 0 Å². The summed E-state index contributed by atoms with van der Waals surface area (Å²) < 4.78 is 5.75. The Bertz CT molecular complexity index is 1040. The average molecular weight is 440 g/mol. The van der Waals surface area contributed by atoms with Gasteiger partial charge in [0.25, 0.3) is 0 Å². The lowest BCUT2D eigenvalue weighted by atomic mass is 10.1. The number of hydrogen-bond donors (Lipinski definition) is 0. The first-order chi connectivity index (χ1) is 15.6. The van der Waals surface area contributed by atoms with Crippen LogP contribution in [0.25, 0.3) is 0 Å². The predicted molar refractivity (Wildman–Crippen MR) is 137 cm³/mol. The number of Topliss-reactive ketones (excluding diaryl/α,β-unsaturated/α-hetero) is 1. The highest BCUT2D eigenvalue weighted by Gasteiger charge is 2.47. The molecule has 0 aliphatic carbocycles. The average Bonchev–Trinajstić information content (AvgIpc) is 2.84. The van der Waals surface area contributed by atoms with Crippen LogP contribution in [0, 0.1) is 0 Å². The zero-order chi connectivity index (χ0) is 22.4. The van der Waals surface area contributed by atoms with Gasteiger partial charge in [-0.15, -0.1) is 0 Å². The maximum absolute atomic E-state index is 13.7. The first-order valence-corrected chi connectivity index (χ1v) is 12.9. The van der Waals surface area contributed by atoms with Gasteiger partial charge in [-0.05, 0) is 74.5 Å². The SMILES string of the molecule is CC(C)Oc1ccc(C(=O)C[P+](c2ccccc2)(c2ccccc2)c2ccccc2)cc1. The number of ether oxygens (including phenoxy) is 1. The summed E-state index contributed by atoms with van der Waals surface area (Å²) in [4.78, 5) is 13.7. The fourth-order valence-corrected chi connectivity index (χ4v) is 8.17. The van der Waals surface area contributed by atoms with E-state index < -0.39 is 7.26 Å². The van der Waals surface area contributed by atoms with Gasteiger partial charge in [-0.2, -0.15) is 0 Å². The second-order valence-electron chi connectivity index (χ2n) is 8.09. The molecule has 0 atom stereocenters. The summed E-state index contributed by atoms with van der Waals surface area (Å²) in [5, 5.41) is 3.64. The minimum absolute atomic E-state index is 0.101. The molecule has 4 aromatic rings. The number of benzene rings is 4. The van der Waals surface area contributed by atoms with E-state index in [-0.39, 0.29) is 11.9 Å². The molecular weight excluding hydrogens is 411 g/mol. The van der Waals surface area contributed by atoms with E-state index in [1.807, 2.05) is 56.3 Å². The van der Waals surface area contributed by atoms with Crippen molar-refractivity contribution >= 4 is 29.0 Å². The van der Waals surface area contributed by atoms with Crippen molar-refractivity contribution in [2.75, 3.05) is 6.16 Å². The summed E-state index contributed by atoms with van der Waals surface area (Å²) in [5.74, 6) is 0.928. The molecule has 0 unspecified atom stereocenters. The molecular formula is C29H28O2P+. The Balaban J connectivity index is 1.82. The number of carbonyl (C=O) groups excluding carboxylic acids is 1. The summed E-state index contributed by atoms with van der Waals surface area (Å²) in [6, 6.07) is 39.1. The van der Waals surface area contributed by atoms with Crippen LogP contribution >= 0.6 is 7.26 Å². The van der Waals surface area contributed by atoms with Crippen LogP contribution in [0.1, 0.15) is 24.2 Å². The second kappa shape index (κ2) is 9.94. The molecule has 0 heterocycles. The maximum Gasteiger partial charge on any atom is 0.201 e. The van der Waals surface area contributed by atoms with Crippen LogP contribution in [-0.4, -0.2) is 18.0 Å². The van der Waals surface area contributed by atoms with Crippen molar-refractivity contribution in [1.82, 2.24) is 0 Å². The molecule has 32 heavy (non-hydrogen) atoms. The Morgan fingerprint density at radius 1 is 0.656 bits per heavy atom. The van der Waals surface area contributed by atoms with Gasteiger partial charge < -0.3 is 4.74 Å². The monoisotopic (exact) mass is 439 g/mol. The van der Waals surface area contributed by atoms with Gasteiger partial charge >= 0.3 is 0 Å². The summed E-state index contributed by atoms with van der Waals surface area (Å²) >= 11 is 0. The van der Waals surface area contributed by atoms with Crippen molar-refractivity contribution in [2.45, 2.75) is 20.0 Å².